The molecule has 3 atom stereocenters. The minimum Gasteiger partial charge on any atom is -0.390 e. The van der Waals surface area contributed by atoms with Gasteiger partial charge in [-0.1, -0.05) is 19.8 Å². The van der Waals surface area contributed by atoms with Gasteiger partial charge in [-0.15, -0.1) is 0 Å². The van der Waals surface area contributed by atoms with Crippen LogP contribution in [0, 0.1) is 5.92 Å². The molecule has 1 aliphatic carbocycles. The molecule has 0 aromatic carbocycles. The van der Waals surface area contributed by atoms with Crippen molar-refractivity contribution in [2.24, 2.45) is 5.92 Å². The second kappa shape index (κ2) is 8.09. The molecule has 0 aliphatic heterocycles. The lowest BCUT2D eigenvalue weighted by molar-refractivity contribution is -0.0582. The van der Waals surface area contributed by atoms with Gasteiger partial charge in [0.2, 0.25) is 0 Å². The first-order valence-corrected chi connectivity index (χ1v) is 6.93. The van der Waals surface area contributed by atoms with E-state index in [2.05, 4.69) is 12.2 Å². The zero-order valence-corrected chi connectivity index (χ0v) is 11.4. The second-order valence-corrected chi connectivity index (χ2v) is 5.43. The summed E-state index contributed by atoms with van der Waals surface area (Å²) in [5.74, 6) is -2.65. The van der Waals surface area contributed by atoms with Gasteiger partial charge < -0.3 is 20.3 Å². The van der Waals surface area contributed by atoms with Crippen molar-refractivity contribution < 1.29 is 23.7 Å². The molecule has 19 heavy (non-hydrogen) atoms. The molecule has 1 aliphatic rings. The summed E-state index contributed by atoms with van der Waals surface area (Å²) in [6, 6.07) is 0. The lowest BCUT2D eigenvalue weighted by Crippen LogP contribution is -2.41. The Morgan fingerprint density at radius 2 is 2.05 bits per heavy atom. The van der Waals surface area contributed by atoms with Crippen LogP contribution < -0.4 is 5.32 Å². The number of hydrogen-bond donors (Lipinski definition) is 3. The number of ether oxygens (including phenoxy) is 1. The number of halogens is 2. The Bertz CT molecular complexity index is 254. The molecule has 0 radical (unpaired) electrons. The summed E-state index contributed by atoms with van der Waals surface area (Å²) < 4.78 is 31.1. The van der Waals surface area contributed by atoms with Gasteiger partial charge in [0.15, 0.2) is 0 Å². The quantitative estimate of drug-likeness (QED) is 0.625. The SMILES string of the molecule is CC1CCCCC1OCC(O)CNCC(F)(F)CO. The fourth-order valence-corrected chi connectivity index (χ4v) is 2.30. The van der Waals surface area contributed by atoms with Gasteiger partial charge in [-0.05, 0) is 18.8 Å². The summed E-state index contributed by atoms with van der Waals surface area (Å²) in [7, 11) is 0. The zero-order chi connectivity index (χ0) is 14.3. The van der Waals surface area contributed by atoms with Crippen molar-refractivity contribution in [2.75, 3.05) is 26.3 Å². The average Bonchev–Trinajstić information content (AvgIpc) is 2.37. The van der Waals surface area contributed by atoms with Crippen LogP contribution in [0.4, 0.5) is 8.78 Å². The molecule has 0 amide bonds. The molecule has 1 saturated carbocycles. The molecule has 0 aromatic heterocycles. The predicted molar refractivity (Wildman–Crippen MR) is 68.3 cm³/mol. The number of alkyl halides is 2. The summed E-state index contributed by atoms with van der Waals surface area (Å²) in [6.07, 6.45) is 3.88. The van der Waals surface area contributed by atoms with E-state index in [-0.39, 0.29) is 19.3 Å². The van der Waals surface area contributed by atoms with E-state index < -0.39 is 25.2 Å². The van der Waals surface area contributed by atoms with E-state index in [0.717, 1.165) is 19.3 Å². The minimum absolute atomic E-state index is 0.0384. The molecular formula is C13H25F2NO3. The smallest absolute Gasteiger partial charge is 0.282 e. The molecule has 0 heterocycles. The van der Waals surface area contributed by atoms with Gasteiger partial charge in [0.1, 0.15) is 6.61 Å². The van der Waals surface area contributed by atoms with Gasteiger partial charge >= 0.3 is 0 Å². The topological polar surface area (TPSA) is 61.7 Å². The van der Waals surface area contributed by atoms with Crippen LogP contribution in [0.1, 0.15) is 32.6 Å². The lowest BCUT2D eigenvalue weighted by atomic mass is 9.88. The van der Waals surface area contributed by atoms with Gasteiger partial charge in [-0.25, -0.2) is 8.78 Å². The predicted octanol–water partition coefficient (Wildman–Crippen LogP) is 1.16. The highest BCUT2D eigenvalue weighted by Crippen LogP contribution is 2.26. The van der Waals surface area contributed by atoms with Crippen molar-refractivity contribution in [2.45, 2.75) is 50.7 Å². The average molecular weight is 281 g/mol. The molecule has 1 fully saturated rings. The maximum Gasteiger partial charge on any atom is 0.282 e. The van der Waals surface area contributed by atoms with E-state index in [0.29, 0.717) is 5.92 Å². The van der Waals surface area contributed by atoms with Crippen molar-refractivity contribution in [3.05, 3.63) is 0 Å². The van der Waals surface area contributed by atoms with Crippen LogP contribution >= 0.6 is 0 Å². The van der Waals surface area contributed by atoms with Crippen molar-refractivity contribution in [1.82, 2.24) is 5.32 Å². The molecular weight excluding hydrogens is 256 g/mol. The Balaban J connectivity index is 2.12. The van der Waals surface area contributed by atoms with Crippen LogP contribution in [-0.4, -0.2) is 54.6 Å². The normalized spacial score (nSPS) is 26.4. The summed E-state index contributed by atoms with van der Waals surface area (Å²) >= 11 is 0. The molecule has 3 N–H and O–H groups in total. The molecule has 1 rings (SSSR count). The number of nitrogens with one attached hydrogen (secondary N) is 1. The molecule has 114 valence electrons. The van der Waals surface area contributed by atoms with E-state index in [1.165, 1.54) is 6.42 Å². The number of hydrogen-bond acceptors (Lipinski definition) is 4. The fourth-order valence-electron chi connectivity index (χ4n) is 2.30. The molecule has 6 heteroatoms. The van der Waals surface area contributed by atoms with Crippen molar-refractivity contribution in [3.8, 4) is 0 Å². The van der Waals surface area contributed by atoms with E-state index in [1.807, 2.05) is 0 Å². The van der Waals surface area contributed by atoms with Gasteiger partial charge in [0, 0.05) is 6.54 Å². The van der Waals surface area contributed by atoms with Gasteiger partial charge in [-0.2, -0.15) is 0 Å². The Morgan fingerprint density at radius 3 is 2.68 bits per heavy atom. The third-order valence-electron chi connectivity index (χ3n) is 3.53. The first kappa shape index (κ1) is 16.8. The monoisotopic (exact) mass is 281 g/mol. The Hall–Kier alpha value is -0.300. The van der Waals surface area contributed by atoms with Crippen molar-refractivity contribution in [3.63, 3.8) is 0 Å². The highest BCUT2D eigenvalue weighted by molar-refractivity contribution is 4.74. The maximum absolute atomic E-state index is 12.7. The van der Waals surface area contributed by atoms with Crippen LogP contribution in [0.25, 0.3) is 0 Å². The third-order valence-corrected chi connectivity index (χ3v) is 3.53. The molecule has 0 bridgehead atoms. The summed E-state index contributed by atoms with van der Waals surface area (Å²) in [5, 5.41) is 20.5. The Morgan fingerprint density at radius 1 is 1.37 bits per heavy atom. The standard InChI is InChI=1S/C13H25F2NO3/c1-10-4-2-3-5-12(10)19-7-11(18)6-16-8-13(14,15)9-17/h10-12,16-18H,2-9H2,1H3. The van der Waals surface area contributed by atoms with Gasteiger partial charge in [-0.3, -0.25) is 0 Å². The molecule has 0 saturated heterocycles. The second-order valence-electron chi connectivity index (χ2n) is 5.43. The molecule has 0 spiro atoms. The van der Waals surface area contributed by atoms with Gasteiger partial charge in [0.25, 0.3) is 5.92 Å². The number of rotatable bonds is 8. The summed E-state index contributed by atoms with van der Waals surface area (Å²) in [5.41, 5.74) is 0. The molecule has 3 unspecified atom stereocenters. The van der Waals surface area contributed by atoms with E-state index in [1.54, 1.807) is 0 Å². The van der Waals surface area contributed by atoms with E-state index >= 15 is 0 Å². The van der Waals surface area contributed by atoms with Crippen LogP contribution in [0.2, 0.25) is 0 Å². The first-order valence-electron chi connectivity index (χ1n) is 6.93. The fraction of sp³-hybridized carbons (Fsp3) is 1.00. The Labute approximate surface area is 113 Å². The molecule has 4 nitrogen and oxygen atoms in total. The summed E-state index contributed by atoms with van der Waals surface area (Å²) in [6.45, 7) is 0.506. The minimum atomic E-state index is -3.14. The lowest BCUT2D eigenvalue weighted by Gasteiger charge is -2.29. The summed E-state index contributed by atoms with van der Waals surface area (Å²) in [4.78, 5) is 0. The Kier molecular flexibility index (Phi) is 7.13. The van der Waals surface area contributed by atoms with E-state index in [9.17, 15) is 13.9 Å². The van der Waals surface area contributed by atoms with E-state index in [4.69, 9.17) is 9.84 Å². The highest BCUT2D eigenvalue weighted by Gasteiger charge is 2.27. The highest BCUT2D eigenvalue weighted by atomic mass is 19.3. The zero-order valence-electron chi connectivity index (χ0n) is 11.4. The first-order chi connectivity index (χ1) is 8.94. The van der Waals surface area contributed by atoms with Gasteiger partial charge in [0.05, 0.1) is 25.4 Å². The molecule has 0 aromatic rings. The van der Waals surface area contributed by atoms with Crippen LogP contribution in [-0.2, 0) is 4.74 Å². The third kappa shape index (κ3) is 6.61. The largest absolute Gasteiger partial charge is 0.390 e. The van der Waals surface area contributed by atoms with Crippen molar-refractivity contribution >= 4 is 0 Å². The van der Waals surface area contributed by atoms with Crippen LogP contribution in [0.3, 0.4) is 0 Å². The van der Waals surface area contributed by atoms with Crippen molar-refractivity contribution in [1.29, 1.82) is 0 Å². The maximum atomic E-state index is 12.7. The van der Waals surface area contributed by atoms with Crippen LogP contribution in [0.15, 0.2) is 0 Å². The number of aliphatic hydroxyl groups excluding tert-OH is 2. The number of aliphatic hydroxyl groups is 2. The van der Waals surface area contributed by atoms with Crippen LogP contribution in [0.5, 0.6) is 0 Å².